The van der Waals surface area contributed by atoms with Gasteiger partial charge in [0.05, 0.1) is 19.0 Å². The smallest absolute Gasteiger partial charge is 0.471 e. The first-order chi connectivity index (χ1) is 16.2. The van der Waals surface area contributed by atoms with Crippen LogP contribution >= 0.6 is 7.82 Å². The van der Waals surface area contributed by atoms with E-state index in [1.165, 1.54) is 17.8 Å². The Labute approximate surface area is 195 Å². The summed E-state index contributed by atoms with van der Waals surface area (Å²) in [6.07, 6.45) is -2.28. The van der Waals surface area contributed by atoms with Gasteiger partial charge in [-0.15, -0.1) is 0 Å². The highest BCUT2D eigenvalue weighted by atomic mass is 31.2. The molecular weight excluding hydrogens is 468 g/mol. The second-order valence-corrected chi connectivity index (χ2v) is 10.2. The number of nitrogen functional groups attached to an aromatic ring is 1. The third-order valence-electron chi connectivity index (χ3n) is 5.54. The second kappa shape index (κ2) is 8.54. The summed E-state index contributed by atoms with van der Waals surface area (Å²) in [7, 11) is -3.94. The summed E-state index contributed by atoms with van der Waals surface area (Å²) in [5, 5.41) is 0. The van der Waals surface area contributed by atoms with Crippen molar-refractivity contribution >= 4 is 24.9 Å². The number of hydrogen-bond donors (Lipinski definition) is 1. The Morgan fingerprint density at radius 3 is 2.82 bits per heavy atom. The van der Waals surface area contributed by atoms with Crippen molar-refractivity contribution in [1.82, 2.24) is 19.5 Å². The van der Waals surface area contributed by atoms with Gasteiger partial charge in [0.25, 0.3) is 0 Å². The summed E-state index contributed by atoms with van der Waals surface area (Å²) >= 11 is 0. The highest BCUT2D eigenvalue weighted by Gasteiger charge is 2.61. The second-order valence-electron chi connectivity index (χ2n) is 8.59. The summed E-state index contributed by atoms with van der Waals surface area (Å²) in [6.45, 7) is 4.75. The zero-order valence-electron chi connectivity index (χ0n) is 18.8. The van der Waals surface area contributed by atoms with Crippen LogP contribution in [0.15, 0.2) is 36.7 Å². The van der Waals surface area contributed by atoms with Crippen molar-refractivity contribution in [3.8, 4) is 5.88 Å². The first-order valence-corrected chi connectivity index (χ1v) is 12.2. The largest absolute Gasteiger partial charge is 0.475 e. The predicted octanol–water partition coefficient (Wildman–Crippen LogP) is 3.56. The van der Waals surface area contributed by atoms with Crippen LogP contribution in [0.5, 0.6) is 5.88 Å². The third-order valence-corrected chi connectivity index (χ3v) is 7.17. The van der Waals surface area contributed by atoms with Crippen molar-refractivity contribution in [1.29, 1.82) is 0 Å². The highest BCUT2D eigenvalue weighted by molar-refractivity contribution is 7.48. The topological polar surface area (TPSA) is 133 Å². The Hall–Kier alpha value is -2.63. The van der Waals surface area contributed by atoms with Crippen molar-refractivity contribution in [2.24, 2.45) is 0 Å². The molecule has 0 saturated carbocycles. The number of fused-ring (bicyclic) bond motifs is 2. The molecule has 5 atom stereocenters. The number of alkyl halides is 1. The molecular formula is C21H25FN5O6P. The van der Waals surface area contributed by atoms with E-state index in [-0.39, 0.29) is 30.7 Å². The number of imidazole rings is 1. The van der Waals surface area contributed by atoms with Crippen LogP contribution in [0.1, 0.15) is 32.6 Å². The van der Waals surface area contributed by atoms with Crippen molar-refractivity contribution in [2.75, 3.05) is 12.3 Å². The van der Waals surface area contributed by atoms with E-state index in [1.54, 1.807) is 13.8 Å². The fourth-order valence-corrected chi connectivity index (χ4v) is 5.70. The van der Waals surface area contributed by atoms with Gasteiger partial charge in [-0.1, -0.05) is 30.3 Å². The third kappa shape index (κ3) is 4.16. The van der Waals surface area contributed by atoms with Gasteiger partial charge in [-0.3, -0.25) is 18.1 Å². The van der Waals surface area contributed by atoms with Gasteiger partial charge in [0.15, 0.2) is 23.1 Å². The fourth-order valence-electron chi connectivity index (χ4n) is 4.06. The van der Waals surface area contributed by atoms with Crippen molar-refractivity contribution in [3.05, 3.63) is 42.2 Å². The fraction of sp³-hybridized carbons (Fsp3) is 0.476. The minimum Gasteiger partial charge on any atom is -0.471 e. The zero-order valence-corrected chi connectivity index (χ0v) is 19.7. The Balaban J connectivity index is 1.44. The molecule has 0 bridgehead atoms. The van der Waals surface area contributed by atoms with E-state index in [0.29, 0.717) is 5.52 Å². The average Bonchev–Trinajstić information content (AvgIpc) is 3.30. The number of anilines is 1. The number of nitrogens with two attached hydrogens (primary N) is 1. The minimum absolute atomic E-state index is 0.0669. The van der Waals surface area contributed by atoms with Gasteiger partial charge >= 0.3 is 7.82 Å². The van der Waals surface area contributed by atoms with Crippen LogP contribution in [0.2, 0.25) is 0 Å². The molecule has 0 aliphatic carbocycles. The molecule has 4 heterocycles. The number of nitrogens with zero attached hydrogens (tertiary/aromatic N) is 4. The molecule has 5 unspecified atom stereocenters. The lowest BCUT2D eigenvalue weighted by atomic mass is 9.98. The average molecular weight is 493 g/mol. The van der Waals surface area contributed by atoms with E-state index < -0.39 is 38.0 Å². The highest BCUT2D eigenvalue weighted by Crippen LogP contribution is 2.60. The molecule has 0 radical (unpaired) electrons. The lowest BCUT2D eigenvalue weighted by Gasteiger charge is -2.34. The van der Waals surface area contributed by atoms with Crippen LogP contribution in [0.25, 0.3) is 11.2 Å². The van der Waals surface area contributed by atoms with Gasteiger partial charge in [0.2, 0.25) is 11.8 Å². The lowest BCUT2D eigenvalue weighted by molar-refractivity contribution is -0.0733. The lowest BCUT2D eigenvalue weighted by Crippen LogP contribution is -2.45. The number of ether oxygens (including phenoxy) is 2. The maximum absolute atomic E-state index is 16.1. The summed E-state index contributed by atoms with van der Waals surface area (Å²) in [6, 6.07) is 9.52. The van der Waals surface area contributed by atoms with E-state index >= 15 is 4.39 Å². The molecule has 13 heteroatoms. The van der Waals surface area contributed by atoms with Crippen LogP contribution in [0.3, 0.4) is 0 Å². The van der Waals surface area contributed by atoms with Crippen LogP contribution in [0, 0.1) is 0 Å². The summed E-state index contributed by atoms with van der Waals surface area (Å²) < 4.78 is 58.1. The molecule has 34 heavy (non-hydrogen) atoms. The number of hydrogen-bond acceptors (Lipinski definition) is 10. The number of benzene rings is 1. The van der Waals surface area contributed by atoms with Crippen LogP contribution in [-0.4, -0.2) is 50.1 Å². The molecule has 5 rings (SSSR count). The van der Waals surface area contributed by atoms with Crippen molar-refractivity contribution in [3.63, 3.8) is 0 Å². The van der Waals surface area contributed by atoms with Crippen LogP contribution in [-0.2, 0) is 29.5 Å². The Kier molecular flexibility index (Phi) is 5.81. The maximum Gasteiger partial charge on any atom is 0.475 e. The van der Waals surface area contributed by atoms with Crippen molar-refractivity contribution < 1.29 is 32.0 Å². The molecule has 0 amide bonds. The first kappa shape index (κ1) is 23.1. The molecule has 2 aliphatic rings. The maximum atomic E-state index is 16.1. The van der Waals surface area contributed by atoms with E-state index in [1.807, 2.05) is 30.3 Å². The number of phosphoric acid groups is 1. The molecule has 3 aromatic rings. The molecule has 1 aromatic carbocycles. The molecule has 2 saturated heterocycles. The van der Waals surface area contributed by atoms with Gasteiger partial charge in [-0.25, -0.2) is 13.9 Å². The number of aromatic nitrogens is 4. The van der Waals surface area contributed by atoms with Crippen molar-refractivity contribution in [2.45, 2.75) is 57.6 Å². The van der Waals surface area contributed by atoms with Gasteiger partial charge in [0.1, 0.15) is 18.8 Å². The quantitative estimate of drug-likeness (QED) is 0.508. The number of phosphoric ester groups is 1. The molecule has 182 valence electrons. The van der Waals surface area contributed by atoms with E-state index in [9.17, 15) is 4.57 Å². The SMILES string of the molecule is CC(C)OP1(=O)OCC2OC(n3cnc4c(OCc5ccccc5)nc(N)nc43)C(C)(F)C2O1. The van der Waals surface area contributed by atoms with Gasteiger partial charge in [0, 0.05) is 0 Å². The Morgan fingerprint density at radius 1 is 1.32 bits per heavy atom. The van der Waals surface area contributed by atoms with Gasteiger partial charge in [-0.2, -0.15) is 9.97 Å². The Morgan fingerprint density at radius 2 is 2.09 bits per heavy atom. The molecule has 2 aromatic heterocycles. The summed E-state index contributed by atoms with van der Waals surface area (Å²) in [5.74, 6) is 0.0956. The van der Waals surface area contributed by atoms with Gasteiger partial charge < -0.3 is 15.2 Å². The summed E-state index contributed by atoms with van der Waals surface area (Å²) in [4.78, 5) is 12.7. The van der Waals surface area contributed by atoms with E-state index in [2.05, 4.69) is 15.0 Å². The predicted molar refractivity (Wildman–Crippen MR) is 119 cm³/mol. The molecule has 2 aliphatic heterocycles. The molecule has 0 spiro atoms. The standard InChI is InChI=1S/C21H25FN5O6P/c1-12(2)32-34(28)30-10-14-16(33-34)21(3,22)19(31-14)27-11-24-15-17(27)25-20(23)26-18(15)29-9-13-7-5-4-6-8-13/h4-8,11-12,14,16,19H,9-10H2,1-3H3,(H2,23,25,26). The first-order valence-electron chi connectivity index (χ1n) is 10.8. The molecule has 11 nitrogen and oxygen atoms in total. The van der Waals surface area contributed by atoms with Crippen LogP contribution < -0.4 is 10.5 Å². The molecule has 2 fully saturated rings. The minimum atomic E-state index is -3.94. The normalized spacial score (nSPS) is 31.1. The monoisotopic (exact) mass is 493 g/mol. The van der Waals surface area contributed by atoms with Crippen LogP contribution in [0.4, 0.5) is 10.3 Å². The number of rotatable bonds is 6. The number of halogens is 1. The molecule has 2 N–H and O–H groups in total. The Bertz CT molecular complexity index is 1240. The van der Waals surface area contributed by atoms with E-state index in [0.717, 1.165) is 5.56 Å². The summed E-state index contributed by atoms with van der Waals surface area (Å²) in [5.41, 5.74) is 5.24. The van der Waals surface area contributed by atoms with E-state index in [4.69, 9.17) is 28.8 Å². The zero-order chi connectivity index (χ0) is 24.1. The van der Waals surface area contributed by atoms with Gasteiger partial charge in [-0.05, 0) is 26.3 Å².